The summed E-state index contributed by atoms with van der Waals surface area (Å²) < 4.78 is 19.8. The number of carbonyl (C=O) groups excluding carboxylic acids is 1. The third-order valence-electron chi connectivity index (χ3n) is 7.44. The number of aromatic nitrogens is 2. The molecule has 2 aliphatic heterocycles. The van der Waals surface area contributed by atoms with Crippen LogP contribution >= 0.6 is 15.9 Å². The highest BCUT2D eigenvalue weighted by atomic mass is 79.9. The number of halogens is 2. The summed E-state index contributed by atoms with van der Waals surface area (Å²) in [5, 5.41) is 9.57. The molecule has 2 aliphatic rings. The molecule has 2 aromatic heterocycles. The van der Waals surface area contributed by atoms with Crippen LogP contribution in [0.25, 0.3) is 32.9 Å². The van der Waals surface area contributed by atoms with Gasteiger partial charge < -0.3 is 19.4 Å². The zero-order valence-electron chi connectivity index (χ0n) is 24.8. The van der Waals surface area contributed by atoms with Crippen molar-refractivity contribution in [3.8, 4) is 23.1 Å². The Bertz CT molecular complexity index is 1640. The quantitative estimate of drug-likeness (QED) is 0.231. The Hall–Kier alpha value is -4.07. The minimum Gasteiger partial charge on any atom is -0.481 e. The molecule has 0 spiro atoms. The molecule has 2 aromatic carbocycles. The van der Waals surface area contributed by atoms with E-state index in [9.17, 15) is 9.18 Å². The van der Waals surface area contributed by atoms with Crippen molar-refractivity contribution >= 4 is 49.3 Å². The fraction of sp³-hybridized carbons (Fsp3) is 0.333. The molecule has 2 saturated heterocycles. The Labute approximate surface area is 260 Å². The number of nitrogens with zero attached hydrogens (tertiary/aromatic N) is 6. The molecule has 10 heteroatoms. The van der Waals surface area contributed by atoms with Crippen molar-refractivity contribution in [3.05, 3.63) is 71.6 Å². The molecule has 0 bridgehead atoms. The third kappa shape index (κ3) is 7.66. The second-order valence-electron chi connectivity index (χ2n) is 10.3. The Kier molecular flexibility index (Phi) is 11.0. The molecule has 0 unspecified atom stereocenters. The molecule has 8 nitrogen and oxygen atoms in total. The molecule has 0 saturated carbocycles. The standard InChI is InChI=1S/C26H22BrFN4O2.C5H11N.C2H3N/c1-16(28)26(33)32-11-9-31(10-12-32)22-14-23(34-2)30-21-13-18(15-29-25(21)22)19-7-3-5-17-6-4-8-20(27)24(17)19;1-6-4-2-3-5-6;1-2-3/h3-8,13-15H,1,9-12H2,2H3;2-5H2,1H3;1H3. The summed E-state index contributed by atoms with van der Waals surface area (Å²) in [5.74, 6) is -1.10. The van der Waals surface area contributed by atoms with Crippen molar-refractivity contribution in [2.45, 2.75) is 19.8 Å². The minimum atomic E-state index is -0.932. The van der Waals surface area contributed by atoms with E-state index < -0.39 is 11.7 Å². The number of ether oxygens (including phenoxy) is 1. The number of methoxy groups -OCH3 is 1. The Balaban J connectivity index is 0.000000408. The van der Waals surface area contributed by atoms with Crippen LogP contribution in [0.15, 0.2) is 71.6 Å². The number of carbonyl (C=O) groups is 1. The van der Waals surface area contributed by atoms with Crippen LogP contribution in [0.2, 0.25) is 0 Å². The Morgan fingerprint density at radius 2 is 1.72 bits per heavy atom. The van der Waals surface area contributed by atoms with Crippen LogP contribution in [0.1, 0.15) is 19.8 Å². The van der Waals surface area contributed by atoms with Gasteiger partial charge in [-0.3, -0.25) is 9.78 Å². The molecule has 0 N–H and O–H groups in total. The molecule has 43 heavy (non-hydrogen) atoms. The number of piperazine rings is 1. The number of pyridine rings is 2. The van der Waals surface area contributed by atoms with E-state index >= 15 is 0 Å². The van der Waals surface area contributed by atoms with Gasteiger partial charge in [-0.05, 0) is 56.1 Å². The molecule has 0 radical (unpaired) electrons. The number of rotatable bonds is 4. The minimum absolute atomic E-state index is 0.399. The summed E-state index contributed by atoms with van der Waals surface area (Å²) >= 11 is 3.69. The number of fused-ring (bicyclic) bond motifs is 2. The van der Waals surface area contributed by atoms with Gasteiger partial charge in [0.1, 0.15) is 5.52 Å². The number of benzene rings is 2. The predicted octanol–water partition coefficient (Wildman–Crippen LogP) is 6.59. The molecule has 2 fully saturated rings. The second-order valence-corrected chi connectivity index (χ2v) is 11.2. The van der Waals surface area contributed by atoms with E-state index in [1.54, 1.807) is 13.2 Å². The smallest absolute Gasteiger partial charge is 0.282 e. The maximum absolute atomic E-state index is 13.3. The first-order valence-electron chi connectivity index (χ1n) is 14.2. The van der Waals surface area contributed by atoms with Crippen molar-refractivity contribution in [2.75, 3.05) is 58.3 Å². The summed E-state index contributed by atoms with van der Waals surface area (Å²) in [6.07, 6.45) is 4.69. The van der Waals surface area contributed by atoms with Crippen molar-refractivity contribution in [2.24, 2.45) is 0 Å². The van der Waals surface area contributed by atoms with Crippen LogP contribution in [0.3, 0.4) is 0 Å². The summed E-state index contributed by atoms with van der Waals surface area (Å²) in [6, 6.07) is 18.0. The summed E-state index contributed by atoms with van der Waals surface area (Å²) in [6.45, 7) is 9.07. The van der Waals surface area contributed by atoms with Crippen LogP contribution in [-0.2, 0) is 4.79 Å². The summed E-state index contributed by atoms with van der Waals surface area (Å²) in [4.78, 5) is 27.3. The SMILES string of the molecule is C=C(F)C(=O)N1CCN(c2cc(OC)nc3cc(-c4cccc5cccc(Br)c45)cnc23)CC1.CC#N.CN1CCCC1. The van der Waals surface area contributed by atoms with Crippen LogP contribution < -0.4 is 9.64 Å². The maximum atomic E-state index is 13.3. The highest BCUT2D eigenvalue weighted by molar-refractivity contribution is 9.10. The lowest BCUT2D eigenvalue weighted by atomic mass is 9.99. The van der Waals surface area contributed by atoms with E-state index in [0.717, 1.165) is 37.6 Å². The predicted molar refractivity (Wildman–Crippen MR) is 174 cm³/mol. The fourth-order valence-electron chi connectivity index (χ4n) is 5.30. The zero-order valence-corrected chi connectivity index (χ0v) is 26.4. The van der Waals surface area contributed by atoms with E-state index in [4.69, 9.17) is 15.0 Å². The van der Waals surface area contributed by atoms with Gasteiger partial charge in [0.05, 0.1) is 24.4 Å². The van der Waals surface area contributed by atoms with Crippen LogP contribution in [0, 0.1) is 11.3 Å². The highest BCUT2D eigenvalue weighted by Gasteiger charge is 2.25. The van der Waals surface area contributed by atoms with E-state index in [-0.39, 0.29) is 0 Å². The van der Waals surface area contributed by atoms with Gasteiger partial charge in [0.15, 0.2) is 5.83 Å². The van der Waals surface area contributed by atoms with E-state index in [0.29, 0.717) is 37.6 Å². The van der Waals surface area contributed by atoms with Crippen LogP contribution in [-0.4, -0.2) is 79.1 Å². The van der Waals surface area contributed by atoms with E-state index in [1.807, 2.05) is 36.5 Å². The van der Waals surface area contributed by atoms with E-state index in [2.05, 4.69) is 62.5 Å². The van der Waals surface area contributed by atoms with Crippen molar-refractivity contribution in [1.29, 1.82) is 5.26 Å². The molecule has 4 heterocycles. The van der Waals surface area contributed by atoms with Crippen molar-refractivity contribution in [3.63, 3.8) is 0 Å². The van der Waals surface area contributed by atoms with Gasteiger partial charge in [-0.15, -0.1) is 0 Å². The fourth-order valence-corrected chi connectivity index (χ4v) is 5.89. The Morgan fingerprint density at radius 3 is 2.30 bits per heavy atom. The highest BCUT2D eigenvalue weighted by Crippen LogP contribution is 2.36. The lowest BCUT2D eigenvalue weighted by Gasteiger charge is -2.36. The molecule has 4 aromatic rings. The van der Waals surface area contributed by atoms with E-state index in [1.165, 1.54) is 37.8 Å². The first-order valence-corrected chi connectivity index (χ1v) is 15.0. The Morgan fingerprint density at radius 1 is 1.07 bits per heavy atom. The van der Waals surface area contributed by atoms with Crippen molar-refractivity contribution in [1.82, 2.24) is 19.8 Å². The summed E-state index contributed by atoms with van der Waals surface area (Å²) in [7, 11) is 3.76. The van der Waals surface area contributed by atoms with Gasteiger partial charge in [-0.1, -0.05) is 52.8 Å². The lowest BCUT2D eigenvalue weighted by molar-refractivity contribution is -0.128. The molecule has 6 rings (SSSR count). The molecule has 1 amide bonds. The largest absolute Gasteiger partial charge is 0.481 e. The first kappa shape index (κ1) is 31.9. The van der Waals surface area contributed by atoms with Crippen molar-refractivity contribution < 1.29 is 13.9 Å². The molecular formula is C33H36BrFN6O2. The van der Waals surface area contributed by atoms with Crippen LogP contribution in [0.4, 0.5) is 10.1 Å². The topological polar surface area (TPSA) is 85.6 Å². The summed E-state index contributed by atoms with van der Waals surface area (Å²) in [5.41, 5.74) is 4.35. The average molecular weight is 648 g/mol. The number of anilines is 1. The molecule has 0 aliphatic carbocycles. The molecule has 0 atom stereocenters. The monoisotopic (exact) mass is 646 g/mol. The third-order valence-corrected chi connectivity index (χ3v) is 8.11. The zero-order chi connectivity index (χ0) is 30.9. The number of hydrogen-bond donors (Lipinski definition) is 0. The number of amides is 1. The van der Waals surface area contributed by atoms with Gasteiger partial charge in [0, 0.05) is 60.8 Å². The van der Waals surface area contributed by atoms with Crippen LogP contribution in [0.5, 0.6) is 5.88 Å². The lowest BCUT2D eigenvalue weighted by Crippen LogP contribution is -2.49. The first-order chi connectivity index (χ1) is 20.8. The van der Waals surface area contributed by atoms with Gasteiger partial charge in [-0.2, -0.15) is 5.26 Å². The number of hydrogen-bond acceptors (Lipinski definition) is 7. The van der Waals surface area contributed by atoms with Gasteiger partial charge in [0.25, 0.3) is 5.91 Å². The molecule has 224 valence electrons. The molecular weight excluding hydrogens is 611 g/mol. The average Bonchev–Trinajstić information content (AvgIpc) is 3.51. The number of likely N-dealkylation sites (tertiary alicyclic amines) is 1. The second kappa shape index (κ2) is 14.9. The van der Waals surface area contributed by atoms with Gasteiger partial charge in [-0.25, -0.2) is 9.37 Å². The van der Waals surface area contributed by atoms with Gasteiger partial charge >= 0.3 is 0 Å². The van der Waals surface area contributed by atoms with Gasteiger partial charge in [0.2, 0.25) is 5.88 Å². The number of nitriles is 1. The normalized spacial score (nSPS) is 14.8. The maximum Gasteiger partial charge on any atom is 0.282 e.